The van der Waals surface area contributed by atoms with Crippen LogP contribution in [0.25, 0.3) is 10.8 Å². The molecule has 104 valence electrons. The van der Waals surface area contributed by atoms with E-state index in [2.05, 4.69) is 5.32 Å². The number of benzene rings is 3. The number of phenols is 1. The van der Waals surface area contributed by atoms with Crippen molar-refractivity contribution in [3.8, 4) is 5.75 Å². The lowest BCUT2D eigenvalue weighted by Gasteiger charge is -2.10. The maximum atomic E-state index is 12.5. The maximum Gasteiger partial charge on any atom is 0.260 e. The molecule has 1 amide bonds. The first-order valence-corrected chi connectivity index (χ1v) is 6.74. The summed E-state index contributed by atoms with van der Waals surface area (Å²) < 4.78 is 0. The van der Waals surface area contributed by atoms with Gasteiger partial charge < -0.3 is 10.4 Å². The number of carbonyl (C=O) groups excluding carboxylic acids is 1. The highest BCUT2D eigenvalue weighted by Gasteiger charge is 2.15. The van der Waals surface area contributed by atoms with E-state index in [4.69, 9.17) is 0 Å². The minimum absolute atomic E-state index is 0.0155. The van der Waals surface area contributed by atoms with Crippen LogP contribution < -0.4 is 5.32 Å². The van der Waals surface area contributed by atoms with E-state index in [0.717, 1.165) is 16.3 Å². The Kier molecular flexibility index (Phi) is 3.32. The molecule has 3 heteroatoms. The quantitative estimate of drug-likeness (QED) is 0.740. The van der Waals surface area contributed by atoms with Crippen LogP contribution in [0.5, 0.6) is 5.75 Å². The van der Waals surface area contributed by atoms with Gasteiger partial charge >= 0.3 is 0 Å². The Morgan fingerprint density at radius 1 is 0.952 bits per heavy atom. The monoisotopic (exact) mass is 277 g/mol. The number of aromatic hydroxyl groups is 1. The lowest BCUT2D eigenvalue weighted by atomic mass is 10.0. The van der Waals surface area contributed by atoms with Crippen molar-refractivity contribution < 1.29 is 9.90 Å². The molecule has 0 spiro atoms. The second kappa shape index (κ2) is 5.29. The van der Waals surface area contributed by atoms with Crippen molar-refractivity contribution in [2.75, 3.05) is 5.32 Å². The van der Waals surface area contributed by atoms with E-state index in [1.807, 2.05) is 55.5 Å². The Bertz CT molecular complexity index is 807. The van der Waals surface area contributed by atoms with Gasteiger partial charge in [-0.3, -0.25) is 4.79 Å². The van der Waals surface area contributed by atoms with Crippen LogP contribution in [0.1, 0.15) is 15.9 Å². The zero-order valence-corrected chi connectivity index (χ0v) is 11.6. The fraction of sp³-hybridized carbons (Fsp3) is 0.0556. The molecule has 0 heterocycles. The summed E-state index contributed by atoms with van der Waals surface area (Å²) >= 11 is 0. The number of hydrogen-bond donors (Lipinski definition) is 2. The van der Waals surface area contributed by atoms with Gasteiger partial charge in [-0.2, -0.15) is 0 Å². The number of nitrogens with one attached hydrogen (secondary N) is 1. The summed E-state index contributed by atoms with van der Waals surface area (Å²) in [6.45, 7) is 1.99. The number of aryl methyl sites for hydroxylation is 1. The van der Waals surface area contributed by atoms with Gasteiger partial charge in [-0.1, -0.05) is 48.0 Å². The van der Waals surface area contributed by atoms with Gasteiger partial charge in [0.15, 0.2) is 0 Å². The van der Waals surface area contributed by atoms with Gasteiger partial charge in [-0.15, -0.1) is 0 Å². The third kappa shape index (κ3) is 2.58. The average molecular weight is 277 g/mol. The fourth-order valence-corrected chi connectivity index (χ4v) is 2.33. The number of rotatable bonds is 2. The number of anilines is 1. The second-order valence-electron chi connectivity index (χ2n) is 5.00. The van der Waals surface area contributed by atoms with Crippen LogP contribution in [0.15, 0.2) is 60.7 Å². The summed E-state index contributed by atoms with van der Waals surface area (Å²) in [4.78, 5) is 12.5. The molecule has 0 fully saturated rings. The Labute approximate surface area is 122 Å². The molecule has 3 aromatic rings. The SMILES string of the molecule is Cc1ccc(NC(=O)c2c(O)ccc3ccccc23)cc1. The molecule has 21 heavy (non-hydrogen) atoms. The van der Waals surface area contributed by atoms with Crippen molar-refractivity contribution in [2.24, 2.45) is 0 Å². The standard InChI is InChI=1S/C18H15NO2/c1-12-6-9-14(10-7-12)19-18(21)17-15-5-3-2-4-13(15)8-11-16(17)20/h2-11,20H,1H3,(H,19,21). The Morgan fingerprint density at radius 3 is 2.43 bits per heavy atom. The van der Waals surface area contributed by atoms with Gasteiger partial charge in [0.2, 0.25) is 0 Å². The zero-order chi connectivity index (χ0) is 14.8. The van der Waals surface area contributed by atoms with E-state index in [1.165, 1.54) is 0 Å². The number of fused-ring (bicyclic) bond motifs is 1. The summed E-state index contributed by atoms with van der Waals surface area (Å²) in [7, 11) is 0. The first-order valence-electron chi connectivity index (χ1n) is 6.74. The van der Waals surface area contributed by atoms with E-state index in [1.54, 1.807) is 12.1 Å². The molecule has 2 N–H and O–H groups in total. The van der Waals surface area contributed by atoms with E-state index in [0.29, 0.717) is 11.3 Å². The van der Waals surface area contributed by atoms with Crippen molar-refractivity contribution in [3.63, 3.8) is 0 Å². The molecule has 0 saturated heterocycles. The highest BCUT2D eigenvalue weighted by molar-refractivity contribution is 6.14. The summed E-state index contributed by atoms with van der Waals surface area (Å²) in [5.74, 6) is -0.327. The van der Waals surface area contributed by atoms with Crippen LogP contribution in [-0.2, 0) is 0 Å². The molecule has 3 aromatic carbocycles. The molecule has 0 unspecified atom stereocenters. The maximum absolute atomic E-state index is 12.5. The highest BCUT2D eigenvalue weighted by atomic mass is 16.3. The normalized spacial score (nSPS) is 10.5. The number of hydrogen-bond acceptors (Lipinski definition) is 2. The Balaban J connectivity index is 2.01. The van der Waals surface area contributed by atoms with E-state index >= 15 is 0 Å². The summed E-state index contributed by atoms with van der Waals surface area (Å²) in [5, 5.41) is 14.5. The Morgan fingerprint density at radius 2 is 1.67 bits per heavy atom. The second-order valence-corrected chi connectivity index (χ2v) is 5.00. The first kappa shape index (κ1) is 13.2. The molecular formula is C18H15NO2. The molecule has 0 aliphatic carbocycles. The van der Waals surface area contributed by atoms with Crippen molar-refractivity contribution in [3.05, 3.63) is 71.8 Å². The molecule has 0 radical (unpaired) electrons. The minimum atomic E-state index is -0.312. The van der Waals surface area contributed by atoms with Crippen LogP contribution in [-0.4, -0.2) is 11.0 Å². The summed E-state index contributed by atoms with van der Waals surface area (Å²) in [6, 6.07) is 18.4. The smallest absolute Gasteiger partial charge is 0.260 e. The number of amides is 1. The fourth-order valence-electron chi connectivity index (χ4n) is 2.33. The summed E-state index contributed by atoms with van der Waals surface area (Å²) in [6.07, 6.45) is 0. The molecule has 0 bridgehead atoms. The Hall–Kier alpha value is -2.81. The van der Waals surface area contributed by atoms with E-state index in [-0.39, 0.29) is 11.7 Å². The van der Waals surface area contributed by atoms with Gasteiger partial charge in [0.1, 0.15) is 5.75 Å². The molecule has 0 saturated carbocycles. The third-order valence-corrected chi connectivity index (χ3v) is 3.44. The van der Waals surface area contributed by atoms with Crippen LogP contribution in [0.4, 0.5) is 5.69 Å². The molecular weight excluding hydrogens is 262 g/mol. The molecule has 0 aliphatic heterocycles. The third-order valence-electron chi connectivity index (χ3n) is 3.44. The minimum Gasteiger partial charge on any atom is -0.507 e. The van der Waals surface area contributed by atoms with Gasteiger partial charge in [-0.05, 0) is 35.9 Å². The van der Waals surface area contributed by atoms with Crippen LogP contribution >= 0.6 is 0 Å². The van der Waals surface area contributed by atoms with E-state index < -0.39 is 0 Å². The largest absolute Gasteiger partial charge is 0.507 e. The van der Waals surface area contributed by atoms with Crippen LogP contribution in [0.3, 0.4) is 0 Å². The topological polar surface area (TPSA) is 49.3 Å². The molecule has 0 aromatic heterocycles. The lowest BCUT2D eigenvalue weighted by Crippen LogP contribution is -2.12. The van der Waals surface area contributed by atoms with E-state index in [9.17, 15) is 9.90 Å². The van der Waals surface area contributed by atoms with Crippen molar-refractivity contribution in [1.82, 2.24) is 0 Å². The predicted octanol–water partition coefficient (Wildman–Crippen LogP) is 4.11. The molecule has 0 atom stereocenters. The molecule has 3 rings (SSSR count). The van der Waals surface area contributed by atoms with Crippen LogP contribution in [0.2, 0.25) is 0 Å². The highest BCUT2D eigenvalue weighted by Crippen LogP contribution is 2.27. The lowest BCUT2D eigenvalue weighted by molar-refractivity contribution is 0.102. The first-order chi connectivity index (χ1) is 10.1. The number of carbonyl (C=O) groups is 1. The van der Waals surface area contributed by atoms with Gasteiger partial charge in [-0.25, -0.2) is 0 Å². The van der Waals surface area contributed by atoms with Gasteiger partial charge in [0, 0.05) is 5.69 Å². The molecule has 3 nitrogen and oxygen atoms in total. The van der Waals surface area contributed by atoms with Gasteiger partial charge in [0.05, 0.1) is 5.56 Å². The zero-order valence-electron chi connectivity index (χ0n) is 11.6. The van der Waals surface area contributed by atoms with Gasteiger partial charge in [0.25, 0.3) is 5.91 Å². The molecule has 0 aliphatic rings. The van der Waals surface area contributed by atoms with Crippen molar-refractivity contribution in [2.45, 2.75) is 6.92 Å². The van der Waals surface area contributed by atoms with Crippen LogP contribution in [0, 0.1) is 6.92 Å². The van der Waals surface area contributed by atoms with Crippen molar-refractivity contribution in [1.29, 1.82) is 0 Å². The summed E-state index contributed by atoms with van der Waals surface area (Å²) in [5.41, 5.74) is 2.13. The number of phenolic OH excluding ortho intramolecular Hbond substituents is 1. The predicted molar refractivity (Wildman–Crippen MR) is 84.7 cm³/mol. The van der Waals surface area contributed by atoms with Crippen molar-refractivity contribution >= 4 is 22.4 Å². The average Bonchev–Trinajstić information content (AvgIpc) is 2.49.